The van der Waals surface area contributed by atoms with Gasteiger partial charge in [-0.2, -0.15) is 0 Å². The van der Waals surface area contributed by atoms with E-state index in [-0.39, 0.29) is 5.91 Å². The average molecular weight is 333 g/mol. The van der Waals surface area contributed by atoms with Crippen LogP contribution in [0.2, 0.25) is 0 Å². The van der Waals surface area contributed by atoms with Crippen molar-refractivity contribution in [1.82, 2.24) is 0 Å². The van der Waals surface area contributed by atoms with Crippen LogP contribution in [0.25, 0.3) is 0 Å². The highest BCUT2D eigenvalue weighted by Crippen LogP contribution is 2.33. The molecule has 0 aliphatic carbocycles. The van der Waals surface area contributed by atoms with Crippen molar-refractivity contribution < 1.29 is 9.53 Å². The van der Waals surface area contributed by atoms with Crippen molar-refractivity contribution in [2.24, 2.45) is 0 Å². The van der Waals surface area contributed by atoms with Crippen LogP contribution in [-0.2, 0) is 11.2 Å². The molecule has 1 aliphatic heterocycles. The molecule has 0 saturated carbocycles. The number of carbonyl (C=O) groups is 1. The van der Waals surface area contributed by atoms with Crippen molar-refractivity contribution in [2.75, 3.05) is 11.1 Å². The maximum absolute atomic E-state index is 11.3. The maximum atomic E-state index is 11.3. The lowest BCUT2D eigenvalue weighted by atomic mass is 10.0. The monoisotopic (exact) mass is 332 g/mol. The van der Waals surface area contributed by atoms with Gasteiger partial charge in [0.15, 0.2) is 0 Å². The number of carbonyl (C=O) groups excluding carboxylic acids is 1. The minimum Gasteiger partial charge on any atom is -0.455 e. The molecule has 0 atom stereocenters. The number of amides is 1. The topological polar surface area (TPSA) is 64.3 Å². The van der Waals surface area contributed by atoms with Gasteiger partial charge in [0.05, 0.1) is 5.69 Å². The number of aryl methyl sites for hydroxylation is 1. The summed E-state index contributed by atoms with van der Waals surface area (Å²) in [5.41, 5.74) is 8.43. The molecule has 2 aromatic carbocycles. The van der Waals surface area contributed by atoms with Crippen molar-refractivity contribution in [3.05, 3.63) is 46.4 Å². The van der Waals surface area contributed by atoms with E-state index in [0.29, 0.717) is 23.6 Å². The number of anilines is 2. The number of nitrogens with two attached hydrogens (primary N) is 1. The molecule has 4 nitrogen and oxygen atoms in total. The lowest BCUT2D eigenvalue weighted by Gasteiger charge is -2.18. The zero-order valence-electron chi connectivity index (χ0n) is 10.7. The summed E-state index contributed by atoms with van der Waals surface area (Å²) in [5.74, 6) is 1.39. The molecule has 1 heterocycles. The molecule has 2 aromatic rings. The fourth-order valence-corrected chi connectivity index (χ4v) is 2.54. The minimum atomic E-state index is 0.0586. The van der Waals surface area contributed by atoms with Crippen LogP contribution >= 0.6 is 15.9 Å². The third-order valence-electron chi connectivity index (χ3n) is 3.17. The Balaban J connectivity index is 1.86. The fourth-order valence-electron chi connectivity index (χ4n) is 2.16. The van der Waals surface area contributed by atoms with E-state index in [1.807, 2.05) is 30.3 Å². The highest BCUT2D eigenvalue weighted by molar-refractivity contribution is 9.10. The van der Waals surface area contributed by atoms with Gasteiger partial charge in [0.2, 0.25) is 5.91 Å². The first kappa shape index (κ1) is 13.0. The van der Waals surface area contributed by atoms with Crippen LogP contribution in [-0.4, -0.2) is 5.91 Å². The lowest BCUT2D eigenvalue weighted by molar-refractivity contribution is -0.116. The van der Waals surface area contributed by atoms with Gasteiger partial charge in [0.25, 0.3) is 0 Å². The Morgan fingerprint density at radius 1 is 1.15 bits per heavy atom. The van der Waals surface area contributed by atoms with Crippen molar-refractivity contribution in [2.45, 2.75) is 12.8 Å². The molecule has 0 unspecified atom stereocenters. The number of fused-ring (bicyclic) bond motifs is 1. The number of ether oxygens (including phenoxy) is 1. The predicted molar refractivity (Wildman–Crippen MR) is 82.0 cm³/mol. The molecule has 0 saturated heterocycles. The Morgan fingerprint density at radius 2 is 2.00 bits per heavy atom. The van der Waals surface area contributed by atoms with E-state index in [1.54, 1.807) is 6.07 Å². The quantitative estimate of drug-likeness (QED) is 0.824. The first-order valence-electron chi connectivity index (χ1n) is 6.27. The SMILES string of the molecule is Nc1cc(Br)ccc1Oc1ccc2c(c1)CCC(=O)N2. The smallest absolute Gasteiger partial charge is 0.224 e. The van der Waals surface area contributed by atoms with Gasteiger partial charge in [0, 0.05) is 16.6 Å². The van der Waals surface area contributed by atoms with E-state index < -0.39 is 0 Å². The first-order chi connectivity index (χ1) is 9.61. The highest BCUT2D eigenvalue weighted by Gasteiger charge is 2.15. The fraction of sp³-hybridized carbons (Fsp3) is 0.133. The number of benzene rings is 2. The third kappa shape index (κ3) is 2.63. The van der Waals surface area contributed by atoms with Crippen LogP contribution in [0.3, 0.4) is 0 Å². The van der Waals surface area contributed by atoms with Gasteiger partial charge in [-0.1, -0.05) is 15.9 Å². The van der Waals surface area contributed by atoms with Gasteiger partial charge in [-0.15, -0.1) is 0 Å². The summed E-state index contributed by atoms with van der Waals surface area (Å²) in [7, 11) is 0. The van der Waals surface area contributed by atoms with Gasteiger partial charge in [-0.25, -0.2) is 0 Å². The Bertz CT molecular complexity index is 686. The van der Waals surface area contributed by atoms with E-state index in [1.165, 1.54) is 0 Å². The molecular formula is C15H13BrN2O2. The van der Waals surface area contributed by atoms with Crippen LogP contribution in [0.5, 0.6) is 11.5 Å². The molecule has 0 spiro atoms. The van der Waals surface area contributed by atoms with Crippen LogP contribution in [0.4, 0.5) is 11.4 Å². The van der Waals surface area contributed by atoms with Gasteiger partial charge in [0.1, 0.15) is 11.5 Å². The van der Waals surface area contributed by atoms with E-state index in [9.17, 15) is 4.79 Å². The molecule has 3 N–H and O–H groups in total. The van der Waals surface area contributed by atoms with Crippen LogP contribution in [0.1, 0.15) is 12.0 Å². The summed E-state index contributed by atoms with van der Waals surface area (Å²) in [6.45, 7) is 0. The minimum absolute atomic E-state index is 0.0586. The van der Waals surface area contributed by atoms with E-state index >= 15 is 0 Å². The Kier molecular flexibility index (Phi) is 3.36. The molecule has 0 fully saturated rings. The standard InChI is InChI=1S/C15H13BrN2O2/c16-10-2-5-14(12(17)8-10)20-11-3-4-13-9(7-11)1-6-15(19)18-13/h2-5,7-8H,1,6,17H2,(H,18,19). The zero-order chi connectivity index (χ0) is 14.1. The second-order valence-corrected chi connectivity index (χ2v) is 5.57. The molecule has 1 amide bonds. The van der Waals surface area contributed by atoms with Gasteiger partial charge in [-0.3, -0.25) is 4.79 Å². The van der Waals surface area contributed by atoms with E-state index in [0.717, 1.165) is 22.1 Å². The summed E-state index contributed by atoms with van der Waals surface area (Å²) in [6.07, 6.45) is 1.24. The zero-order valence-corrected chi connectivity index (χ0v) is 12.2. The molecule has 20 heavy (non-hydrogen) atoms. The molecule has 3 rings (SSSR count). The average Bonchev–Trinajstić information content (AvgIpc) is 2.42. The van der Waals surface area contributed by atoms with Crippen molar-refractivity contribution >= 4 is 33.2 Å². The molecule has 0 bridgehead atoms. The van der Waals surface area contributed by atoms with Crippen LogP contribution in [0, 0.1) is 0 Å². The predicted octanol–water partition coefficient (Wildman–Crippen LogP) is 3.71. The summed E-state index contributed by atoms with van der Waals surface area (Å²) in [5, 5.41) is 2.84. The molecule has 5 heteroatoms. The maximum Gasteiger partial charge on any atom is 0.224 e. The van der Waals surface area contributed by atoms with Gasteiger partial charge in [-0.05, 0) is 48.4 Å². The summed E-state index contributed by atoms with van der Waals surface area (Å²) < 4.78 is 6.71. The first-order valence-corrected chi connectivity index (χ1v) is 7.07. The summed E-state index contributed by atoms with van der Waals surface area (Å²) in [6, 6.07) is 11.1. The number of nitrogens with one attached hydrogen (secondary N) is 1. The number of hydrogen-bond acceptors (Lipinski definition) is 3. The summed E-state index contributed by atoms with van der Waals surface area (Å²) >= 11 is 3.36. The van der Waals surface area contributed by atoms with Gasteiger partial charge >= 0.3 is 0 Å². The number of rotatable bonds is 2. The lowest BCUT2D eigenvalue weighted by Crippen LogP contribution is -2.18. The van der Waals surface area contributed by atoms with Crippen molar-refractivity contribution in [1.29, 1.82) is 0 Å². The largest absolute Gasteiger partial charge is 0.455 e. The Hall–Kier alpha value is -2.01. The van der Waals surface area contributed by atoms with Crippen molar-refractivity contribution in [3.63, 3.8) is 0 Å². The number of nitrogen functional groups attached to an aromatic ring is 1. The van der Waals surface area contributed by atoms with E-state index in [4.69, 9.17) is 10.5 Å². The normalized spacial score (nSPS) is 13.6. The second kappa shape index (κ2) is 5.17. The van der Waals surface area contributed by atoms with Gasteiger partial charge < -0.3 is 15.8 Å². The third-order valence-corrected chi connectivity index (χ3v) is 3.67. The number of hydrogen-bond donors (Lipinski definition) is 2. The molecule has 1 aliphatic rings. The molecule has 102 valence electrons. The molecule has 0 aromatic heterocycles. The summed E-state index contributed by atoms with van der Waals surface area (Å²) in [4.78, 5) is 11.3. The van der Waals surface area contributed by atoms with Crippen LogP contribution in [0.15, 0.2) is 40.9 Å². The van der Waals surface area contributed by atoms with Crippen LogP contribution < -0.4 is 15.8 Å². The molecular weight excluding hydrogens is 320 g/mol. The second-order valence-electron chi connectivity index (χ2n) is 4.65. The van der Waals surface area contributed by atoms with E-state index in [2.05, 4.69) is 21.2 Å². The molecule has 0 radical (unpaired) electrons. The Morgan fingerprint density at radius 3 is 2.80 bits per heavy atom. The Labute approximate surface area is 125 Å². The number of halogens is 1. The highest BCUT2D eigenvalue weighted by atomic mass is 79.9. The van der Waals surface area contributed by atoms with Crippen molar-refractivity contribution in [3.8, 4) is 11.5 Å².